The molecule has 0 unspecified atom stereocenters. The molecule has 0 N–H and O–H groups in total. The van der Waals surface area contributed by atoms with E-state index in [1.807, 2.05) is 0 Å². The molecule has 1 fully saturated rings. The van der Waals surface area contributed by atoms with Crippen molar-refractivity contribution in [1.29, 1.82) is 0 Å². The van der Waals surface area contributed by atoms with E-state index < -0.39 is 36.7 Å². The topological polar surface area (TPSA) is 72.1 Å². The Morgan fingerprint density at radius 3 is 2.91 bits per heavy atom. The van der Waals surface area contributed by atoms with E-state index in [1.54, 1.807) is 6.92 Å². The largest absolute Gasteiger partial charge is 0.423 e. The van der Waals surface area contributed by atoms with Crippen LogP contribution in [0.5, 0.6) is 0 Å². The van der Waals surface area contributed by atoms with Crippen LogP contribution in [0.1, 0.15) is 41.5 Å². The summed E-state index contributed by atoms with van der Waals surface area (Å²) in [6.45, 7) is 0.942. The number of nitrogens with zero attached hydrogens (tertiary/aromatic N) is 4. The zero-order valence-electron chi connectivity index (χ0n) is 12.2. The lowest BCUT2D eigenvalue weighted by atomic mass is 10.1. The first-order chi connectivity index (χ1) is 10.9. The minimum atomic E-state index is -3.11. The standard InChI is InChI=1S/C14H13F3N4O2/c1-2-11-19-20-12(23-11)10-5-14(16,17)7-21(10)13(22)8-3-4-18-6-9(8)15/h3-4,6,10H,2,5,7H2,1H3/t10-/m0/s1. The Bertz CT molecular complexity index is 734. The van der Waals surface area contributed by atoms with Gasteiger partial charge in [-0.25, -0.2) is 13.2 Å². The summed E-state index contributed by atoms with van der Waals surface area (Å²) in [4.78, 5) is 16.9. The van der Waals surface area contributed by atoms with E-state index >= 15 is 0 Å². The van der Waals surface area contributed by atoms with Crippen molar-refractivity contribution < 1.29 is 22.4 Å². The van der Waals surface area contributed by atoms with Crippen LogP contribution in [0.4, 0.5) is 13.2 Å². The van der Waals surface area contributed by atoms with Gasteiger partial charge in [-0.15, -0.1) is 10.2 Å². The van der Waals surface area contributed by atoms with Gasteiger partial charge in [-0.1, -0.05) is 6.92 Å². The van der Waals surface area contributed by atoms with E-state index in [-0.39, 0.29) is 17.3 Å². The highest BCUT2D eigenvalue weighted by molar-refractivity contribution is 5.94. The zero-order chi connectivity index (χ0) is 16.6. The van der Waals surface area contributed by atoms with E-state index in [0.29, 0.717) is 6.42 Å². The molecule has 0 aromatic carbocycles. The second-order valence-corrected chi connectivity index (χ2v) is 5.25. The lowest BCUT2D eigenvalue weighted by Gasteiger charge is -2.21. The Morgan fingerprint density at radius 1 is 1.48 bits per heavy atom. The van der Waals surface area contributed by atoms with Crippen LogP contribution in [0, 0.1) is 5.82 Å². The van der Waals surface area contributed by atoms with Gasteiger partial charge >= 0.3 is 0 Å². The number of likely N-dealkylation sites (tertiary alicyclic amines) is 1. The number of carbonyl (C=O) groups excluding carboxylic acids is 1. The normalized spacial score (nSPS) is 20.0. The van der Waals surface area contributed by atoms with Crippen LogP contribution < -0.4 is 0 Å². The van der Waals surface area contributed by atoms with Crippen LogP contribution >= 0.6 is 0 Å². The van der Waals surface area contributed by atoms with Crippen molar-refractivity contribution in [2.75, 3.05) is 6.54 Å². The molecule has 0 saturated carbocycles. The summed E-state index contributed by atoms with van der Waals surface area (Å²) in [6.07, 6.45) is 1.89. The lowest BCUT2D eigenvalue weighted by Crippen LogP contribution is -2.33. The Hall–Kier alpha value is -2.45. The first-order valence-electron chi connectivity index (χ1n) is 7.02. The van der Waals surface area contributed by atoms with E-state index in [2.05, 4.69) is 15.2 Å². The molecule has 9 heteroatoms. The number of carbonyl (C=O) groups is 1. The van der Waals surface area contributed by atoms with Crippen molar-refractivity contribution >= 4 is 5.91 Å². The molecule has 2 aromatic rings. The molecule has 0 spiro atoms. The van der Waals surface area contributed by atoms with E-state index in [9.17, 15) is 18.0 Å². The fourth-order valence-electron chi connectivity index (χ4n) is 2.50. The molecule has 1 atom stereocenters. The van der Waals surface area contributed by atoms with Gasteiger partial charge in [-0.2, -0.15) is 0 Å². The summed E-state index contributed by atoms with van der Waals surface area (Å²) >= 11 is 0. The van der Waals surface area contributed by atoms with Crippen molar-refractivity contribution in [3.63, 3.8) is 0 Å². The van der Waals surface area contributed by atoms with Gasteiger partial charge in [-0.05, 0) is 6.07 Å². The highest BCUT2D eigenvalue weighted by Gasteiger charge is 2.50. The molecule has 1 aliphatic heterocycles. The van der Waals surface area contributed by atoms with Crippen molar-refractivity contribution in [3.8, 4) is 0 Å². The third kappa shape index (κ3) is 2.90. The summed E-state index contributed by atoms with van der Waals surface area (Å²) in [5.41, 5.74) is -0.321. The number of alkyl halides is 2. The van der Waals surface area contributed by atoms with E-state index in [1.165, 1.54) is 6.20 Å². The molecule has 122 valence electrons. The maximum absolute atomic E-state index is 13.8. The highest BCUT2D eigenvalue weighted by atomic mass is 19.3. The molecule has 3 heterocycles. The highest BCUT2D eigenvalue weighted by Crippen LogP contribution is 2.41. The number of rotatable bonds is 3. The van der Waals surface area contributed by atoms with Crippen molar-refractivity contribution in [3.05, 3.63) is 41.6 Å². The fraction of sp³-hybridized carbons (Fsp3) is 0.429. The van der Waals surface area contributed by atoms with Gasteiger partial charge in [0.2, 0.25) is 11.8 Å². The molecule has 0 radical (unpaired) electrons. The van der Waals surface area contributed by atoms with Crippen LogP contribution in [-0.4, -0.2) is 38.5 Å². The Labute approximate surface area is 129 Å². The predicted octanol–water partition coefficient (Wildman–Crippen LogP) is 2.39. The van der Waals surface area contributed by atoms with Crippen LogP contribution in [-0.2, 0) is 6.42 Å². The number of amides is 1. The third-order valence-corrected chi connectivity index (χ3v) is 3.60. The van der Waals surface area contributed by atoms with Crippen molar-refractivity contribution in [2.45, 2.75) is 31.7 Å². The molecule has 3 rings (SSSR count). The molecule has 1 saturated heterocycles. The van der Waals surface area contributed by atoms with Crippen molar-refractivity contribution in [1.82, 2.24) is 20.1 Å². The maximum Gasteiger partial charge on any atom is 0.267 e. The number of halogens is 3. The number of aromatic nitrogens is 3. The number of pyridine rings is 1. The quantitative estimate of drug-likeness (QED) is 0.866. The van der Waals surface area contributed by atoms with Crippen LogP contribution in [0.3, 0.4) is 0 Å². The minimum absolute atomic E-state index is 0.0677. The summed E-state index contributed by atoms with van der Waals surface area (Å²) in [6, 6.07) is 0.0640. The zero-order valence-corrected chi connectivity index (χ0v) is 12.2. The molecule has 0 aliphatic carbocycles. The van der Waals surface area contributed by atoms with Gasteiger partial charge in [0, 0.05) is 19.0 Å². The van der Waals surface area contributed by atoms with Gasteiger partial charge in [0.05, 0.1) is 18.3 Å². The summed E-state index contributed by atoms with van der Waals surface area (Å²) < 4.78 is 46.6. The molecular formula is C14H13F3N4O2. The maximum atomic E-state index is 13.8. The predicted molar refractivity (Wildman–Crippen MR) is 71.2 cm³/mol. The third-order valence-electron chi connectivity index (χ3n) is 3.60. The van der Waals surface area contributed by atoms with Crippen LogP contribution in [0.2, 0.25) is 0 Å². The van der Waals surface area contributed by atoms with Gasteiger partial charge in [0.15, 0.2) is 5.82 Å². The van der Waals surface area contributed by atoms with Gasteiger partial charge in [0.1, 0.15) is 6.04 Å². The number of aryl methyl sites for hydroxylation is 1. The average molecular weight is 326 g/mol. The fourth-order valence-corrected chi connectivity index (χ4v) is 2.50. The molecule has 1 aliphatic rings. The van der Waals surface area contributed by atoms with Gasteiger partial charge < -0.3 is 9.32 Å². The summed E-state index contributed by atoms with van der Waals surface area (Å²) in [7, 11) is 0. The molecule has 6 nitrogen and oxygen atoms in total. The Morgan fingerprint density at radius 2 is 2.26 bits per heavy atom. The van der Waals surface area contributed by atoms with Gasteiger partial charge in [-0.3, -0.25) is 9.78 Å². The average Bonchev–Trinajstić information content (AvgIpc) is 3.10. The second kappa shape index (κ2) is 5.64. The SMILES string of the molecule is CCc1nnc([C@@H]2CC(F)(F)CN2C(=O)c2ccncc2F)o1. The first kappa shape index (κ1) is 15.4. The van der Waals surface area contributed by atoms with E-state index in [4.69, 9.17) is 4.42 Å². The monoisotopic (exact) mass is 326 g/mol. The van der Waals surface area contributed by atoms with Crippen LogP contribution in [0.25, 0.3) is 0 Å². The second-order valence-electron chi connectivity index (χ2n) is 5.25. The summed E-state index contributed by atoms with van der Waals surface area (Å²) in [5.74, 6) is -4.61. The Kier molecular flexibility index (Phi) is 3.78. The van der Waals surface area contributed by atoms with Crippen LogP contribution in [0.15, 0.2) is 22.9 Å². The lowest BCUT2D eigenvalue weighted by molar-refractivity contribution is 0.0116. The molecule has 1 amide bonds. The number of hydrogen-bond acceptors (Lipinski definition) is 5. The minimum Gasteiger partial charge on any atom is -0.423 e. The van der Waals surface area contributed by atoms with Gasteiger partial charge in [0.25, 0.3) is 11.8 Å². The molecule has 23 heavy (non-hydrogen) atoms. The molecule has 2 aromatic heterocycles. The number of hydrogen-bond donors (Lipinski definition) is 0. The molecular weight excluding hydrogens is 313 g/mol. The first-order valence-corrected chi connectivity index (χ1v) is 7.02. The smallest absolute Gasteiger partial charge is 0.267 e. The van der Waals surface area contributed by atoms with Crippen molar-refractivity contribution in [2.24, 2.45) is 0 Å². The summed E-state index contributed by atoms with van der Waals surface area (Å²) in [5, 5.41) is 7.46. The Balaban J connectivity index is 1.95. The molecule has 0 bridgehead atoms. The van der Waals surface area contributed by atoms with E-state index in [0.717, 1.165) is 17.2 Å².